The van der Waals surface area contributed by atoms with Gasteiger partial charge in [0, 0.05) is 0 Å². The van der Waals surface area contributed by atoms with Gasteiger partial charge in [-0.1, -0.05) is 46.3 Å². The number of benzene rings is 1. The number of nitrogens with zero attached hydrogens (tertiary/aromatic N) is 1. The molecule has 2 nitrogen and oxygen atoms in total. The van der Waals surface area contributed by atoms with Gasteiger partial charge in [0.05, 0.1) is 17.2 Å². The van der Waals surface area contributed by atoms with Crippen LogP contribution in [0.25, 0.3) is 11.3 Å². The van der Waals surface area contributed by atoms with Crippen LogP contribution in [0.5, 0.6) is 0 Å². The highest BCUT2D eigenvalue weighted by Gasteiger charge is 2.00. The smallest absolute Gasteiger partial charge is 0.117 e. The zero-order chi connectivity index (χ0) is 9.10. The van der Waals surface area contributed by atoms with Crippen LogP contribution < -0.4 is 0 Å². The highest BCUT2D eigenvalue weighted by molar-refractivity contribution is 9.08. The Morgan fingerprint density at radius 3 is 2.50 bits per heavy atom. The molecule has 74 valence electrons. The van der Waals surface area contributed by atoms with Crippen LogP contribution in [0.15, 0.2) is 36.5 Å². The van der Waals surface area contributed by atoms with E-state index in [1.54, 1.807) is 0 Å². The summed E-state index contributed by atoms with van der Waals surface area (Å²) in [5, 5.41) is 0.764. The predicted octanol–water partition coefficient (Wildman–Crippen LogP) is 3.55. The Balaban J connectivity index is 0.000000980. The van der Waals surface area contributed by atoms with E-state index >= 15 is 0 Å². The van der Waals surface area contributed by atoms with Crippen molar-refractivity contribution < 1.29 is 0 Å². The van der Waals surface area contributed by atoms with Crippen molar-refractivity contribution in [1.29, 1.82) is 0 Å². The molecule has 0 aliphatic heterocycles. The van der Waals surface area contributed by atoms with Gasteiger partial charge in [0.2, 0.25) is 0 Å². The molecule has 0 spiro atoms. The van der Waals surface area contributed by atoms with E-state index in [1.807, 2.05) is 24.4 Å². The van der Waals surface area contributed by atoms with Gasteiger partial charge in [0.15, 0.2) is 0 Å². The summed E-state index contributed by atoms with van der Waals surface area (Å²) in [7, 11) is 0. The van der Waals surface area contributed by atoms with Gasteiger partial charge in [-0.3, -0.25) is 0 Å². The minimum atomic E-state index is 0. The maximum atomic E-state index is 4.21. The number of H-pyrrole nitrogens is 1. The maximum Gasteiger partial charge on any atom is 0.117 e. The minimum Gasteiger partial charge on any atom is -0.341 e. The third-order valence-corrected chi connectivity index (χ3v) is 2.37. The van der Waals surface area contributed by atoms with Crippen LogP contribution in [-0.2, 0) is 5.33 Å². The molecule has 0 bridgehead atoms. The minimum absolute atomic E-state index is 0. The van der Waals surface area contributed by atoms with Crippen LogP contribution in [-0.4, -0.2) is 9.97 Å². The van der Waals surface area contributed by atoms with Crippen molar-refractivity contribution in [2.45, 2.75) is 5.33 Å². The molecule has 1 heterocycles. The number of alkyl halides is 1. The molecule has 0 aliphatic rings. The highest BCUT2D eigenvalue weighted by Crippen LogP contribution is 2.16. The fourth-order valence-corrected chi connectivity index (χ4v) is 1.48. The number of nitrogens with one attached hydrogen (secondary N) is 1. The first-order valence-corrected chi connectivity index (χ1v) is 5.17. The molecule has 1 aromatic carbocycles. The van der Waals surface area contributed by atoms with Gasteiger partial charge >= 0.3 is 0 Å². The number of hydrogen-bond donors (Lipinski definition) is 1. The van der Waals surface area contributed by atoms with E-state index in [2.05, 4.69) is 38.0 Å². The quantitative estimate of drug-likeness (QED) is 0.843. The lowest BCUT2D eigenvalue weighted by Crippen LogP contribution is -1.79. The highest BCUT2D eigenvalue weighted by atomic mass is 79.9. The van der Waals surface area contributed by atoms with Gasteiger partial charge in [-0.05, 0) is 5.56 Å². The summed E-state index contributed by atoms with van der Waals surface area (Å²) in [4.78, 5) is 7.43. The molecule has 1 aromatic heterocycles. The number of hydrogen-bond acceptors (Lipinski definition) is 1. The average molecular weight is 318 g/mol. The first-order valence-electron chi connectivity index (χ1n) is 4.05. The molecular weight excluding hydrogens is 308 g/mol. The Morgan fingerprint density at radius 2 is 1.93 bits per heavy atom. The number of aromatic nitrogens is 2. The first kappa shape index (κ1) is 11.5. The van der Waals surface area contributed by atoms with Gasteiger partial charge in [0.1, 0.15) is 5.82 Å². The zero-order valence-electron chi connectivity index (χ0n) is 7.40. The van der Waals surface area contributed by atoms with Crippen molar-refractivity contribution in [1.82, 2.24) is 9.97 Å². The second kappa shape index (κ2) is 5.32. The number of aromatic amines is 1. The molecule has 0 amide bonds. The van der Waals surface area contributed by atoms with E-state index in [1.165, 1.54) is 5.56 Å². The van der Waals surface area contributed by atoms with Gasteiger partial charge in [-0.15, -0.1) is 17.0 Å². The predicted molar refractivity (Wildman–Crippen MR) is 67.0 cm³/mol. The lowest BCUT2D eigenvalue weighted by Gasteiger charge is -1.94. The number of rotatable bonds is 2. The van der Waals surface area contributed by atoms with E-state index < -0.39 is 0 Å². The summed E-state index contributed by atoms with van der Waals surface area (Å²) in [6, 6.07) is 10.2. The molecule has 0 aliphatic carbocycles. The molecule has 0 saturated heterocycles. The van der Waals surface area contributed by atoms with Crippen molar-refractivity contribution in [2.75, 3.05) is 0 Å². The third-order valence-electron chi connectivity index (χ3n) is 1.84. The van der Waals surface area contributed by atoms with Crippen molar-refractivity contribution in [2.24, 2.45) is 0 Å². The fraction of sp³-hybridized carbons (Fsp3) is 0.100. The second-order valence-corrected chi connectivity index (χ2v) is 3.30. The summed E-state index contributed by atoms with van der Waals surface area (Å²) in [5.41, 5.74) is 2.23. The van der Waals surface area contributed by atoms with E-state index in [-0.39, 0.29) is 17.0 Å². The Bertz CT molecular complexity index is 384. The maximum absolute atomic E-state index is 4.21. The molecule has 14 heavy (non-hydrogen) atoms. The summed E-state index contributed by atoms with van der Waals surface area (Å²) in [6.45, 7) is 0. The van der Waals surface area contributed by atoms with Crippen LogP contribution in [0.4, 0.5) is 0 Å². The third kappa shape index (κ3) is 2.45. The summed E-state index contributed by atoms with van der Waals surface area (Å²) < 4.78 is 0. The van der Waals surface area contributed by atoms with Crippen molar-refractivity contribution in [3.8, 4) is 11.3 Å². The molecule has 0 unspecified atom stereocenters. The molecule has 2 rings (SSSR count). The lowest BCUT2D eigenvalue weighted by atomic mass is 10.2. The molecule has 1 N–H and O–H groups in total. The van der Waals surface area contributed by atoms with Crippen LogP contribution >= 0.6 is 32.9 Å². The van der Waals surface area contributed by atoms with Crippen molar-refractivity contribution in [3.05, 3.63) is 42.4 Å². The Labute approximate surface area is 102 Å². The molecule has 4 heteroatoms. The lowest BCUT2D eigenvalue weighted by molar-refractivity contribution is 1.13. The molecule has 0 atom stereocenters. The van der Waals surface area contributed by atoms with Gasteiger partial charge in [-0.2, -0.15) is 0 Å². The standard InChI is InChI=1S/C10H9BrN2.BrH/c11-6-10-12-7-9(13-10)8-4-2-1-3-5-8;/h1-5,7H,6H2,(H,12,13);1H. The van der Waals surface area contributed by atoms with Gasteiger partial charge in [-0.25, -0.2) is 4.98 Å². The SMILES string of the molecule is Br.BrCc1ncc(-c2ccccc2)[nH]1. The second-order valence-electron chi connectivity index (χ2n) is 2.74. The molecule has 0 saturated carbocycles. The summed E-state index contributed by atoms with van der Waals surface area (Å²) >= 11 is 3.35. The normalized spacial score (nSPS) is 9.50. The summed E-state index contributed by atoms with van der Waals surface area (Å²) in [6.07, 6.45) is 1.85. The van der Waals surface area contributed by atoms with E-state index in [4.69, 9.17) is 0 Å². The van der Waals surface area contributed by atoms with Gasteiger partial charge < -0.3 is 4.98 Å². The average Bonchev–Trinajstić information content (AvgIpc) is 2.67. The molecule has 0 radical (unpaired) electrons. The Morgan fingerprint density at radius 1 is 1.21 bits per heavy atom. The van der Waals surface area contributed by atoms with Crippen molar-refractivity contribution in [3.63, 3.8) is 0 Å². The van der Waals surface area contributed by atoms with Crippen molar-refractivity contribution >= 4 is 32.9 Å². The van der Waals surface area contributed by atoms with Crippen LogP contribution in [0.1, 0.15) is 5.82 Å². The largest absolute Gasteiger partial charge is 0.341 e. The van der Waals surface area contributed by atoms with Crippen LogP contribution in [0, 0.1) is 0 Å². The zero-order valence-corrected chi connectivity index (χ0v) is 10.7. The monoisotopic (exact) mass is 316 g/mol. The summed E-state index contributed by atoms with van der Waals surface area (Å²) in [5.74, 6) is 0.957. The van der Waals surface area contributed by atoms with E-state index in [9.17, 15) is 0 Å². The van der Waals surface area contributed by atoms with Crippen LogP contribution in [0.2, 0.25) is 0 Å². The number of halogens is 2. The molecule has 2 aromatic rings. The Kier molecular flexibility index (Phi) is 4.35. The topological polar surface area (TPSA) is 28.7 Å². The Hall–Kier alpha value is -0.610. The van der Waals surface area contributed by atoms with E-state index in [0.717, 1.165) is 16.8 Å². The molecular formula is C10H10Br2N2. The van der Waals surface area contributed by atoms with Gasteiger partial charge in [0.25, 0.3) is 0 Å². The fourth-order valence-electron chi connectivity index (χ4n) is 1.19. The van der Waals surface area contributed by atoms with Crippen LogP contribution in [0.3, 0.4) is 0 Å². The molecule has 0 fully saturated rings. The number of imidazole rings is 1. The van der Waals surface area contributed by atoms with E-state index in [0.29, 0.717) is 0 Å². The first-order chi connectivity index (χ1) is 6.40.